The Balaban J connectivity index is 1.52. The summed E-state index contributed by atoms with van der Waals surface area (Å²) < 4.78 is 23.4. The smallest absolute Gasteiger partial charge is 0.327 e. The minimum atomic E-state index is -2.76. The van der Waals surface area contributed by atoms with Crippen LogP contribution in [0.3, 0.4) is 0 Å². The van der Waals surface area contributed by atoms with Gasteiger partial charge in [0.25, 0.3) is 0 Å². The predicted octanol–water partition coefficient (Wildman–Crippen LogP) is 3.48. The highest BCUT2D eigenvalue weighted by atomic mass is 32.2. The number of ether oxygens (including phenoxy) is 1. The second-order valence-electron chi connectivity index (χ2n) is 7.82. The van der Waals surface area contributed by atoms with Crippen molar-refractivity contribution in [2.24, 2.45) is 0 Å². The van der Waals surface area contributed by atoms with Crippen LogP contribution in [0.1, 0.15) is 37.1 Å². The Morgan fingerprint density at radius 2 is 2.06 bits per heavy atom. The lowest BCUT2D eigenvalue weighted by atomic mass is 9.94. The van der Waals surface area contributed by atoms with Crippen molar-refractivity contribution in [2.45, 2.75) is 43.7 Å². The van der Waals surface area contributed by atoms with Gasteiger partial charge in [-0.05, 0) is 67.4 Å². The maximum atomic E-state index is 13.5. The van der Waals surface area contributed by atoms with Crippen molar-refractivity contribution in [2.75, 3.05) is 6.61 Å². The topological polar surface area (TPSA) is 93.5 Å². The first-order chi connectivity index (χ1) is 15.4. The third-order valence-corrected chi connectivity index (χ3v) is 7.29. The Hall–Kier alpha value is -3.10. The largest absolute Gasteiger partial charge is 0.508 e. The first-order valence-electron chi connectivity index (χ1n) is 10.6. The summed E-state index contributed by atoms with van der Waals surface area (Å²) in [4.78, 5) is 12.5. The summed E-state index contributed by atoms with van der Waals surface area (Å²) >= 11 is 0. The quantitative estimate of drug-likeness (QED) is 0.422. The van der Waals surface area contributed by atoms with Gasteiger partial charge in [0.15, 0.2) is 0 Å². The van der Waals surface area contributed by atoms with E-state index in [4.69, 9.17) is 4.74 Å². The molecule has 1 aliphatic rings. The summed E-state index contributed by atoms with van der Waals surface area (Å²) in [5.41, 5.74) is 3.72. The average Bonchev–Trinajstić information content (AvgIpc) is 3.17. The van der Waals surface area contributed by atoms with Gasteiger partial charge < -0.3 is 9.84 Å². The molecule has 0 aliphatic heterocycles. The molecule has 0 amide bonds. The first kappa shape index (κ1) is 22.1. The number of rotatable bonds is 7. The molecule has 0 radical (unpaired) electrons. The van der Waals surface area contributed by atoms with Gasteiger partial charge in [-0.3, -0.25) is 9.48 Å². The van der Waals surface area contributed by atoms with Crippen LogP contribution in [0.4, 0.5) is 0 Å². The van der Waals surface area contributed by atoms with E-state index in [9.17, 15) is 14.1 Å². The summed E-state index contributed by atoms with van der Waals surface area (Å²) in [5.74, 6) is 3.86. The molecular formula is C24H27N3O4S. The molecule has 3 aromatic rings. The van der Waals surface area contributed by atoms with Gasteiger partial charge >= 0.3 is 5.97 Å². The molecule has 1 heterocycles. The fourth-order valence-electron chi connectivity index (χ4n) is 4.06. The number of esters is 1. The molecule has 8 heteroatoms. The first-order valence-corrected chi connectivity index (χ1v) is 12.3. The van der Waals surface area contributed by atoms with Crippen LogP contribution in [-0.2, 0) is 32.2 Å². The maximum Gasteiger partial charge on any atom is 0.327 e. The summed E-state index contributed by atoms with van der Waals surface area (Å²) in [6.07, 6.45) is 4.26. The van der Waals surface area contributed by atoms with Crippen molar-refractivity contribution in [3.8, 4) is 16.9 Å². The molecule has 2 aromatic carbocycles. The van der Waals surface area contributed by atoms with Crippen LogP contribution in [0, 0.1) is 0 Å². The molecule has 2 unspecified atom stereocenters. The fourth-order valence-corrected chi connectivity index (χ4v) is 5.47. The van der Waals surface area contributed by atoms with Crippen molar-refractivity contribution < 1.29 is 18.8 Å². The van der Waals surface area contributed by atoms with Crippen LogP contribution in [0.2, 0.25) is 0 Å². The van der Waals surface area contributed by atoms with Gasteiger partial charge in [0.1, 0.15) is 12.3 Å². The highest BCUT2D eigenvalue weighted by molar-refractivity contribution is 7.98. The molecule has 0 spiro atoms. The minimum Gasteiger partial charge on any atom is -0.508 e. The fraction of sp³-hybridized carbons (Fsp3) is 0.292. The lowest BCUT2D eigenvalue weighted by Gasteiger charge is -2.26. The summed E-state index contributed by atoms with van der Waals surface area (Å²) in [7, 11) is -2.76. The lowest BCUT2D eigenvalue weighted by Crippen LogP contribution is -2.31. The highest BCUT2D eigenvalue weighted by Crippen LogP contribution is 2.31. The molecule has 2 N–H and O–H groups in total. The molecule has 4 rings (SSSR count). The summed E-state index contributed by atoms with van der Waals surface area (Å²) in [6, 6.07) is 14.2. The molecule has 0 bridgehead atoms. The van der Waals surface area contributed by atoms with Crippen LogP contribution in [0.25, 0.3) is 11.1 Å². The standard InChI is InChI=1S/C24H27N3O4S/c1-3-31-24(29)16-27-23-9-5-8-22(21(23)15-25-27)26-32(2,30)20-12-10-17(11-13-20)18-6-4-7-19(28)14-18/h4,6-7,10-15,22,28H,2-3,5,8-9,16H2,1H3,(H,26,30). The van der Waals surface area contributed by atoms with Crippen molar-refractivity contribution >= 4 is 21.5 Å². The Bertz CT molecular complexity index is 1220. The molecular weight excluding hydrogens is 426 g/mol. The zero-order valence-electron chi connectivity index (χ0n) is 18.0. The SMILES string of the molecule is C=S(=O)(NC1CCCc2c1cnn2CC(=O)OCC)c1ccc(-c2cccc(O)c2)cc1. The van der Waals surface area contributed by atoms with Gasteiger partial charge in [0.2, 0.25) is 0 Å². The third kappa shape index (κ3) is 4.71. The van der Waals surface area contributed by atoms with Crippen LogP contribution in [-0.4, -0.2) is 37.5 Å². The van der Waals surface area contributed by atoms with E-state index in [1.54, 1.807) is 48.1 Å². The van der Waals surface area contributed by atoms with Crippen molar-refractivity contribution in [3.05, 3.63) is 66.0 Å². The minimum absolute atomic E-state index is 0.0755. The van der Waals surface area contributed by atoms with E-state index in [-0.39, 0.29) is 24.3 Å². The van der Waals surface area contributed by atoms with Gasteiger partial charge in [0.05, 0.1) is 22.5 Å². The molecule has 0 fully saturated rings. The molecule has 2 atom stereocenters. The zero-order chi connectivity index (χ0) is 22.7. The molecule has 0 saturated carbocycles. The third-order valence-electron chi connectivity index (χ3n) is 5.59. The Kier molecular flexibility index (Phi) is 6.34. The summed E-state index contributed by atoms with van der Waals surface area (Å²) in [6.45, 7) is 2.18. The van der Waals surface area contributed by atoms with Gasteiger partial charge in [-0.2, -0.15) is 5.10 Å². The number of aromatic hydroxyl groups is 1. The number of benzene rings is 2. The van der Waals surface area contributed by atoms with E-state index in [1.807, 2.05) is 18.2 Å². The van der Waals surface area contributed by atoms with Crippen molar-refractivity contribution in [1.29, 1.82) is 0 Å². The van der Waals surface area contributed by atoms with Crippen LogP contribution in [0.5, 0.6) is 5.75 Å². The molecule has 1 aliphatic carbocycles. The summed E-state index contributed by atoms with van der Waals surface area (Å²) in [5, 5.41) is 14.1. The molecule has 7 nitrogen and oxygen atoms in total. The van der Waals surface area contributed by atoms with Crippen LogP contribution >= 0.6 is 0 Å². The Morgan fingerprint density at radius 1 is 1.28 bits per heavy atom. The van der Waals surface area contributed by atoms with E-state index >= 15 is 0 Å². The van der Waals surface area contributed by atoms with E-state index in [0.717, 1.165) is 41.6 Å². The number of aromatic nitrogens is 2. The lowest BCUT2D eigenvalue weighted by molar-refractivity contribution is -0.144. The number of phenols is 1. The van der Waals surface area contributed by atoms with Crippen molar-refractivity contribution in [3.63, 3.8) is 0 Å². The van der Waals surface area contributed by atoms with Crippen molar-refractivity contribution in [1.82, 2.24) is 14.5 Å². The van der Waals surface area contributed by atoms with Gasteiger partial charge in [-0.25, -0.2) is 8.93 Å². The number of nitrogens with one attached hydrogen (secondary N) is 1. The number of hydrogen-bond donors (Lipinski definition) is 2. The monoisotopic (exact) mass is 453 g/mol. The Morgan fingerprint density at radius 3 is 2.78 bits per heavy atom. The van der Waals surface area contributed by atoms with E-state index in [1.165, 1.54) is 0 Å². The molecule has 168 valence electrons. The number of carbonyl (C=O) groups is 1. The van der Waals surface area contributed by atoms with E-state index in [0.29, 0.717) is 11.5 Å². The number of nitrogens with zero attached hydrogens (tertiary/aromatic N) is 2. The van der Waals surface area contributed by atoms with Crippen LogP contribution < -0.4 is 4.72 Å². The van der Waals surface area contributed by atoms with Gasteiger partial charge in [0, 0.05) is 22.2 Å². The van der Waals surface area contributed by atoms with Crippen LogP contribution in [0.15, 0.2) is 59.6 Å². The number of phenolic OH excluding ortho intramolecular Hbond substituents is 1. The highest BCUT2D eigenvalue weighted by Gasteiger charge is 2.27. The average molecular weight is 454 g/mol. The van der Waals surface area contributed by atoms with E-state index in [2.05, 4.69) is 15.7 Å². The molecule has 1 aromatic heterocycles. The molecule has 0 saturated heterocycles. The number of carbonyl (C=O) groups excluding carboxylic acids is 1. The number of hydrogen-bond acceptors (Lipinski definition) is 5. The maximum absolute atomic E-state index is 13.5. The second kappa shape index (κ2) is 9.18. The second-order valence-corrected chi connectivity index (χ2v) is 9.88. The Labute approximate surface area is 188 Å². The predicted molar refractivity (Wildman–Crippen MR) is 125 cm³/mol. The zero-order valence-corrected chi connectivity index (χ0v) is 18.8. The van der Waals surface area contributed by atoms with Gasteiger partial charge in [-0.15, -0.1) is 0 Å². The molecule has 32 heavy (non-hydrogen) atoms. The van der Waals surface area contributed by atoms with E-state index < -0.39 is 9.71 Å². The van der Waals surface area contributed by atoms with Gasteiger partial charge in [-0.1, -0.05) is 24.3 Å². The number of fused-ring (bicyclic) bond motifs is 1. The normalized spacial score (nSPS) is 17.3.